The van der Waals surface area contributed by atoms with Crippen molar-refractivity contribution in [1.82, 2.24) is 0 Å². The Morgan fingerprint density at radius 1 is 0.609 bits per heavy atom. The summed E-state index contributed by atoms with van der Waals surface area (Å²) in [6, 6.07) is 18.1. The van der Waals surface area contributed by atoms with Crippen LogP contribution in [0.15, 0.2) is 163 Å². The molecule has 0 aliphatic rings. The first-order chi connectivity index (χ1) is 32.5. The van der Waals surface area contributed by atoms with Crippen LogP contribution < -0.4 is 21.9 Å². The van der Waals surface area contributed by atoms with Crippen LogP contribution >= 0.6 is 24.1 Å². The van der Waals surface area contributed by atoms with Crippen LogP contribution in [-0.4, -0.2) is 58.4 Å². The molecular weight excluding hydrogens is 1040 g/mol. The smallest absolute Gasteiger partial charge is 0.296 e. The van der Waals surface area contributed by atoms with Gasteiger partial charge in [0, 0.05) is 16.8 Å². The topological polar surface area (TPSA) is 439 Å². The van der Waals surface area contributed by atoms with Gasteiger partial charge < -0.3 is 22.3 Å². The molecule has 69 heavy (non-hydrogen) atoms. The molecule has 0 aliphatic heterocycles. The number of rotatable bonds is 19. The van der Waals surface area contributed by atoms with Crippen LogP contribution in [0, 0.1) is 0 Å². The van der Waals surface area contributed by atoms with Crippen molar-refractivity contribution in [1.29, 1.82) is 0 Å². The maximum absolute atomic E-state index is 13.2. The minimum atomic E-state index is -5.27. The molecule has 6 aromatic rings. The summed E-state index contributed by atoms with van der Waals surface area (Å²) >= 11 is 0.147. The van der Waals surface area contributed by atoms with Gasteiger partial charge in [0.2, 0.25) is 9.84 Å². The molecule has 0 bridgehead atoms. The molecule has 0 fully saturated rings. The number of hydrogen-bond acceptors (Lipinski definition) is 26. The predicted octanol–water partition coefficient (Wildman–Crippen LogP) is 8.61. The highest BCUT2D eigenvalue weighted by molar-refractivity contribution is 7.97. The number of aromatic hydroxyl groups is 1. The summed E-state index contributed by atoms with van der Waals surface area (Å²) in [5.74, 6) is -1.07. The summed E-state index contributed by atoms with van der Waals surface area (Å²) in [4.78, 5) is -4.01. The molecule has 362 valence electrons. The quantitative estimate of drug-likeness (QED) is 0.00914. The average molecular weight is 1070 g/mol. The molecule has 0 unspecified atom stereocenters. The number of sulfonamides is 1. The van der Waals surface area contributed by atoms with Gasteiger partial charge >= 0.3 is 0 Å². The SMILES string of the molecule is C=CS(=O)(=O)c1cc(N=Nc2c(SOOO)cc3cc(S(=O)(=O)O)c(N=Nc4ccc(S(=O)(=O)Nc5ccc(N=Nc6ccc(N)cc6N)cc5)cc4)c(O)c3c2N)c(S(=O)(=O)O)cc1SOOO. The number of sulfone groups is 1. The van der Waals surface area contributed by atoms with Crippen LogP contribution in [0.4, 0.5) is 56.9 Å². The van der Waals surface area contributed by atoms with Crippen LogP contribution in [0.25, 0.3) is 10.8 Å². The lowest BCUT2D eigenvalue weighted by atomic mass is 10.1. The second-order valence-electron chi connectivity index (χ2n) is 13.3. The Hall–Kier alpha value is -6.70. The Kier molecular flexibility index (Phi) is 15.6. The fraction of sp³-hybridized carbons (Fsp3) is 0. The maximum Gasteiger partial charge on any atom is 0.296 e. The molecule has 0 aliphatic carbocycles. The summed E-state index contributed by atoms with van der Waals surface area (Å²) in [6.45, 7) is 3.18. The Morgan fingerprint density at radius 3 is 1.75 bits per heavy atom. The van der Waals surface area contributed by atoms with E-state index in [1.807, 2.05) is 0 Å². The van der Waals surface area contributed by atoms with Crippen molar-refractivity contribution in [3.05, 3.63) is 103 Å². The van der Waals surface area contributed by atoms with Gasteiger partial charge in [-0.15, -0.1) is 29.1 Å². The number of fused-ring (bicyclic) bond motifs is 1. The van der Waals surface area contributed by atoms with Gasteiger partial charge in [0.25, 0.3) is 30.3 Å². The number of benzene rings is 6. The van der Waals surface area contributed by atoms with Crippen molar-refractivity contribution in [3.8, 4) is 5.75 Å². The normalized spacial score (nSPS) is 12.7. The summed E-state index contributed by atoms with van der Waals surface area (Å²) < 4.78 is 134. The molecule has 0 spiro atoms. The van der Waals surface area contributed by atoms with Crippen molar-refractivity contribution < 1.29 is 77.1 Å². The van der Waals surface area contributed by atoms with Gasteiger partial charge in [-0.3, -0.25) is 13.8 Å². The van der Waals surface area contributed by atoms with E-state index in [0.29, 0.717) is 40.3 Å². The summed E-state index contributed by atoms with van der Waals surface area (Å²) in [5.41, 5.74) is 16.6. The first-order valence-corrected chi connectivity index (χ1v) is 25.4. The van der Waals surface area contributed by atoms with Crippen molar-refractivity contribution in [3.63, 3.8) is 0 Å². The van der Waals surface area contributed by atoms with Crippen molar-refractivity contribution in [2.75, 3.05) is 21.9 Å². The minimum absolute atomic E-state index is 0.00397. The Balaban J connectivity index is 1.36. The number of nitrogens with zero attached hydrogens (tertiary/aromatic N) is 6. The Bertz CT molecular complexity index is 3550. The first kappa shape index (κ1) is 51.7. The van der Waals surface area contributed by atoms with Gasteiger partial charge in [0.15, 0.2) is 5.75 Å². The Morgan fingerprint density at radius 2 is 1.17 bits per heavy atom. The lowest BCUT2D eigenvalue weighted by Crippen LogP contribution is -2.12. The van der Waals surface area contributed by atoms with Gasteiger partial charge in [0.1, 0.15) is 32.5 Å². The van der Waals surface area contributed by atoms with E-state index >= 15 is 0 Å². The lowest BCUT2D eigenvalue weighted by molar-refractivity contribution is -0.432. The third kappa shape index (κ3) is 12.1. The van der Waals surface area contributed by atoms with E-state index in [2.05, 4.69) is 60.7 Å². The summed E-state index contributed by atoms with van der Waals surface area (Å²) in [5, 5.41) is 59.2. The molecule has 0 saturated heterocycles. The van der Waals surface area contributed by atoms with Gasteiger partial charge in [0.05, 0.1) is 71.8 Å². The highest BCUT2D eigenvalue weighted by Crippen LogP contribution is 2.50. The van der Waals surface area contributed by atoms with Gasteiger partial charge in [-0.05, 0) is 96.4 Å². The third-order valence-corrected chi connectivity index (χ3v) is 14.8. The fourth-order valence-electron chi connectivity index (χ4n) is 5.76. The van der Waals surface area contributed by atoms with Crippen molar-refractivity contribution in [2.24, 2.45) is 30.7 Å². The fourth-order valence-corrected chi connectivity index (χ4v) is 10.3. The van der Waals surface area contributed by atoms with Crippen molar-refractivity contribution in [2.45, 2.75) is 29.4 Å². The van der Waals surface area contributed by atoms with Gasteiger partial charge in [-0.2, -0.15) is 27.1 Å². The molecule has 0 saturated carbocycles. The molecule has 0 aromatic heterocycles. The molecule has 0 heterocycles. The number of nitrogen functional groups attached to an aromatic ring is 3. The zero-order valence-electron chi connectivity index (χ0n) is 33.9. The number of phenols is 1. The minimum Gasteiger partial charge on any atom is -0.505 e. The predicted molar refractivity (Wildman–Crippen MR) is 246 cm³/mol. The average Bonchev–Trinajstić information content (AvgIpc) is 3.29. The largest absolute Gasteiger partial charge is 0.505 e. The molecule has 27 nitrogen and oxygen atoms in total. The van der Waals surface area contributed by atoms with E-state index in [-0.39, 0.29) is 50.6 Å². The van der Waals surface area contributed by atoms with E-state index < -0.39 is 93.6 Å². The number of nitrogens with two attached hydrogens (primary N) is 3. The number of nitrogens with one attached hydrogen (secondary N) is 1. The summed E-state index contributed by atoms with van der Waals surface area (Å²) in [7, 11) is -19.2. The first-order valence-electron chi connectivity index (χ1n) is 18.0. The molecule has 0 atom stereocenters. The molecule has 0 amide bonds. The second-order valence-corrected chi connectivity index (χ2v) is 21.1. The van der Waals surface area contributed by atoms with Gasteiger partial charge in [-0.1, -0.05) is 16.7 Å². The monoisotopic (exact) mass is 1070 g/mol. The highest BCUT2D eigenvalue weighted by atomic mass is 32.2. The molecule has 12 N–H and O–H groups in total. The zero-order valence-corrected chi connectivity index (χ0v) is 38.8. The zero-order chi connectivity index (χ0) is 50.5. The highest BCUT2D eigenvalue weighted by Gasteiger charge is 2.28. The van der Waals surface area contributed by atoms with E-state index in [1.165, 1.54) is 42.5 Å². The number of anilines is 4. The number of phenolic OH excluding ortho intramolecular Hbond substituents is 1. The standard InChI is InChI=1S/C36H30N10O17S6/c1-2-66(50,51)30-16-26(29(68(54,55)56)17-27(30)64-62-60-48)43-44-34-28(65-63-61-49)13-18-14-31(69(57,58)59)35(36(47)32(18)33(34)39)45-41-21-8-10-23(11-9-21)67(52,53)46-22-6-4-20(5-7-22)40-42-25-12-3-19(37)15-24(25)38/h2-17,46-49H,1,37-39H2,(H,54,55,56)(H,57,58,59). The molecular formula is C36H30N10O17S6. The Labute approximate surface area is 397 Å². The molecule has 33 heteroatoms. The van der Waals surface area contributed by atoms with Crippen LogP contribution in [0.1, 0.15) is 0 Å². The molecule has 6 rings (SSSR count). The van der Waals surface area contributed by atoms with E-state index in [1.54, 1.807) is 12.1 Å². The maximum atomic E-state index is 13.2. The second kappa shape index (κ2) is 20.9. The molecule has 0 radical (unpaired) electrons. The van der Waals surface area contributed by atoms with E-state index in [0.717, 1.165) is 24.3 Å². The molecule has 6 aromatic carbocycles. The van der Waals surface area contributed by atoms with Crippen LogP contribution in [0.3, 0.4) is 0 Å². The number of hydrogen-bond donors (Lipinski definition) is 9. The van der Waals surface area contributed by atoms with Crippen LogP contribution in [-0.2, 0) is 58.8 Å². The van der Waals surface area contributed by atoms with Crippen LogP contribution in [0.2, 0.25) is 0 Å². The third-order valence-electron chi connectivity index (χ3n) is 8.84. The van der Waals surface area contributed by atoms with E-state index in [9.17, 15) is 47.9 Å². The summed E-state index contributed by atoms with van der Waals surface area (Å²) in [6.07, 6.45) is 0. The van der Waals surface area contributed by atoms with Crippen molar-refractivity contribution >= 4 is 132 Å². The van der Waals surface area contributed by atoms with Gasteiger partial charge in [-0.25, -0.2) is 27.4 Å². The lowest BCUT2D eigenvalue weighted by Gasteiger charge is -2.14. The number of azo groups is 3. The van der Waals surface area contributed by atoms with Crippen LogP contribution in [0.5, 0.6) is 5.75 Å². The van der Waals surface area contributed by atoms with E-state index in [4.69, 9.17) is 27.7 Å².